The Kier molecular flexibility index (Phi) is 5.50. The van der Waals surface area contributed by atoms with Crippen molar-refractivity contribution in [1.29, 1.82) is 0 Å². The summed E-state index contributed by atoms with van der Waals surface area (Å²) in [5.74, 6) is 2.12. The van der Waals surface area contributed by atoms with Crippen LogP contribution in [0.2, 0.25) is 5.02 Å². The Labute approximate surface area is 190 Å². The number of halogens is 1. The molecule has 0 fully saturated rings. The maximum Gasteiger partial charge on any atom is 0.336 e. The Morgan fingerprint density at radius 3 is 2.53 bits per heavy atom. The van der Waals surface area contributed by atoms with E-state index in [0.717, 1.165) is 46.5 Å². The highest BCUT2D eigenvalue weighted by Crippen LogP contribution is 2.40. The summed E-state index contributed by atoms with van der Waals surface area (Å²) in [7, 11) is 0. The largest absolute Gasteiger partial charge is 0.471 e. The molecule has 0 bridgehead atoms. The molecule has 5 nitrogen and oxygen atoms in total. The molecule has 0 unspecified atom stereocenters. The topological polar surface area (TPSA) is 51.9 Å². The molecule has 1 aromatic heterocycles. The minimum atomic E-state index is -0.356. The Morgan fingerprint density at radius 1 is 1.03 bits per heavy atom. The third kappa shape index (κ3) is 3.92. The lowest BCUT2D eigenvalue weighted by Gasteiger charge is -2.31. The molecule has 1 aliphatic rings. The van der Waals surface area contributed by atoms with Crippen LogP contribution in [0.25, 0.3) is 11.0 Å². The maximum absolute atomic E-state index is 12.2. The molecule has 4 aromatic rings. The number of rotatable bonds is 5. The second kappa shape index (κ2) is 8.60. The van der Waals surface area contributed by atoms with Crippen LogP contribution in [0.5, 0.6) is 17.2 Å². The zero-order chi connectivity index (χ0) is 22.1. The molecule has 0 aliphatic carbocycles. The van der Waals surface area contributed by atoms with E-state index in [-0.39, 0.29) is 5.63 Å². The molecule has 6 heteroatoms. The van der Waals surface area contributed by atoms with Crippen molar-refractivity contribution >= 4 is 28.3 Å². The number of hydrogen-bond donors (Lipinski definition) is 0. The molecule has 0 radical (unpaired) electrons. The van der Waals surface area contributed by atoms with E-state index in [1.807, 2.05) is 60.7 Å². The fourth-order valence-corrected chi connectivity index (χ4v) is 4.32. The van der Waals surface area contributed by atoms with Gasteiger partial charge in [0, 0.05) is 17.1 Å². The summed E-state index contributed by atoms with van der Waals surface area (Å²) < 4.78 is 17.5. The first-order valence-electron chi connectivity index (χ1n) is 10.6. The van der Waals surface area contributed by atoms with Gasteiger partial charge < -0.3 is 18.8 Å². The van der Waals surface area contributed by atoms with Crippen molar-refractivity contribution in [2.24, 2.45) is 0 Å². The van der Waals surface area contributed by atoms with Gasteiger partial charge >= 0.3 is 5.63 Å². The first-order valence-corrected chi connectivity index (χ1v) is 11.0. The zero-order valence-corrected chi connectivity index (χ0v) is 18.4. The molecule has 0 saturated carbocycles. The van der Waals surface area contributed by atoms with Crippen molar-refractivity contribution in [3.8, 4) is 17.2 Å². The van der Waals surface area contributed by atoms with Crippen molar-refractivity contribution in [2.75, 3.05) is 11.6 Å². The summed E-state index contributed by atoms with van der Waals surface area (Å²) in [6.07, 6.45) is 1.71. The smallest absolute Gasteiger partial charge is 0.336 e. The number of para-hydroxylation sites is 1. The van der Waals surface area contributed by atoms with Crippen LogP contribution in [0, 0.1) is 0 Å². The van der Waals surface area contributed by atoms with Crippen LogP contribution in [-0.2, 0) is 13.0 Å². The Balaban J connectivity index is 1.47. The van der Waals surface area contributed by atoms with Crippen molar-refractivity contribution in [3.05, 3.63) is 93.3 Å². The van der Waals surface area contributed by atoms with Crippen LogP contribution in [0.1, 0.15) is 24.5 Å². The summed E-state index contributed by atoms with van der Waals surface area (Å²) in [6, 6.07) is 20.9. The van der Waals surface area contributed by atoms with Crippen molar-refractivity contribution in [3.63, 3.8) is 0 Å². The van der Waals surface area contributed by atoms with Crippen LogP contribution < -0.4 is 20.0 Å². The van der Waals surface area contributed by atoms with Gasteiger partial charge in [0.25, 0.3) is 0 Å². The van der Waals surface area contributed by atoms with E-state index in [0.29, 0.717) is 29.6 Å². The van der Waals surface area contributed by atoms with Gasteiger partial charge in [0.2, 0.25) is 0 Å². The average molecular weight is 448 g/mol. The van der Waals surface area contributed by atoms with Crippen LogP contribution >= 0.6 is 11.6 Å². The van der Waals surface area contributed by atoms with Gasteiger partial charge in [-0.1, -0.05) is 43.1 Å². The maximum atomic E-state index is 12.2. The number of ether oxygens (including phenoxy) is 2. The molecular weight excluding hydrogens is 426 g/mol. The SMILES string of the molecule is CCCc1cc(=O)oc2c3c(c(Cl)cc12)OCN(c1ccc(Oc2ccccc2)cc1)C3. The third-order valence-corrected chi connectivity index (χ3v) is 5.82. The van der Waals surface area contributed by atoms with Crippen LogP contribution in [0.15, 0.2) is 75.9 Å². The monoisotopic (exact) mass is 447 g/mol. The van der Waals surface area contributed by atoms with Gasteiger partial charge in [-0.05, 0) is 54.4 Å². The minimum Gasteiger partial charge on any atom is -0.471 e. The van der Waals surface area contributed by atoms with Gasteiger partial charge in [-0.3, -0.25) is 0 Å². The number of anilines is 1. The fraction of sp³-hybridized carbons (Fsp3) is 0.192. The summed E-state index contributed by atoms with van der Waals surface area (Å²) in [5.41, 5.74) is 2.90. The highest BCUT2D eigenvalue weighted by molar-refractivity contribution is 6.33. The van der Waals surface area contributed by atoms with Crippen LogP contribution in [0.3, 0.4) is 0 Å². The summed E-state index contributed by atoms with van der Waals surface area (Å²) in [5, 5.41) is 1.40. The van der Waals surface area contributed by atoms with Crippen molar-refractivity contribution in [2.45, 2.75) is 26.3 Å². The summed E-state index contributed by atoms with van der Waals surface area (Å²) in [4.78, 5) is 14.3. The van der Waals surface area contributed by atoms with E-state index >= 15 is 0 Å². The second-order valence-electron chi connectivity index (χ2n) is 7.76. The predicted molar refractivity (Wildman–Crippen MR) is 126 cm³/mol. The lowest BCUT2D eigenvalue weighted by Crippen LogP contribution is -2.32. The number of hydrogen-bond acceptors (Lipinski definition) is 5. The zero-order valence-electron chi connectivity index (χ0n) is 17.6. The molecule has 0 saturated heterocycles. The van der Waals surface area contributed by atoms with Gasteiger partial charge in [-0.2, -0.15) is 0 Å². The molecule has 32 heavy (non-hydrogen) atoms. The minimum absolute atomic E-state index is 0.343. The van der Waals surface area contributed by atoms with Crippen molar-refractivity contribution in [1.82, 2.24) is 0 Å². The van der Waals surface area contributed by atoms with E-state index in [9.17, 15) is 4.79 Å². The first kappa shape index (κ1) is 20.5. The molecule has 0 spiro atoms. The van der Waals surface area contributed by atoms with E-state index in [1.54, 1.807) is 6.07 Å². The normalized spacial score (nSPS) is 13.0. The van der Waals surface area contributed by atoms with E-state index in [2.05, 4.69) is 11.8 Å². The average Bonchev–Trinajstić information content (AvgIpc) is 2.81. The van der Waals surface area contributed by atoms with E-state index < -0.39 is 0 Å². The van der Waals surface area contributed by atoms with Gasteiger partial charge in [0.15, 0.2) is 6.73 Å². The quantitative estimate of drug-likeness (QED) is 0.325. The molecule has 3 aromatic carbocycles. The standard InChI is InChI=1S/C26H22ClNO4/c1-2-6-17-13-24(29)32-25-21(17)14-23(27)26-22(25)15-28(16-30-26)18-9-11-20(12-10-18)31-19-7-4-3-5-8-19/h3-5,7-14H,2,6,15-16H2,1H3. The molecule has 5 rings (SSSR count). The molecule has 2 heterocycles. The van der Waals surface area contributed by atoms with E-state index in [1.165, 1.54) is 0 Å². The highest BCUT2D eigenvalue weighted by atomic mass is 35.5. The number of nitrogens with zero attached hydrogens (tertiary/aromatic N) is 1. The predicted octanol–water partition coefficient (Wildman–Crippen LogP) is 6.55. The van der Waals surface area contributed by atoms with Gasteiger partial charge in [0.1, 0.15) is 22.8 Å². The fourth-order valence-electron chi connectivity index (χ4n) is 4.04. The summed E-state index contributed by atoms with van der Waals surface area (Å²) >= 11 is 6.54. The molecule has 1 aliphatic heterocycles. The molecule has 0 amide bonds. The Hall–Kier alpha value is -3.44. The lowest BCUT2D eigenvalue weighted by molar-refractivity contribution is 0.289. The Morgan fingerprint density at radius 2 is 1.78 bits per heavy atom. The second-order valence-corrected chi connectivity index (χ2v) is 8.17. The molecule has 162 valence electrons. The number of fused-ring (bicyclic) bond motifs is 3. The highest BCUT2D eigenvalue weighted by Gasteiger charge is 2.25. The molecular formula is C26H22ClNO4. The Bertz CT molecular complexity index is 1320. The first-order chi connectivity index (χ1) is 15.6. The number of aryl methyl sites for hydroxylation is 1. The van der Waals surface area contributed by atoms with Crippen LogP contribution in [-0.4, -0.2) is 6.73 Å². The van der Waals surface area contributed by atoms with E-state index in [4.69, 9.17) is 25.5 Å². The number of benzene rings is 3. The van der Waals surface area contributed by atoms with Crippen LogP contribution in [0.4, 0.5) is 5.69 Å². The molecule has 0 N–H and O–H groups in total. The van der Waals surface area contributed by atoms with Gasteiger partial charge in [-0.15, -0.1) is 0 Å². The lowest BCUT2D eigenvalue weighted by atomic mass is 10.0. The van der Waals surface area contributed by atoms with Crippen molar-refractivity contribution < 1.29 is 13.9 Å². The van der Waals surface area contributed by atoms with Gasteiger partial charge in [0.05, 0.1) is 17.1 Å². The molecule has 0 atom stereocenters. The third-order valence-electron chi connectivity index (χ3n) is 5.54. The summed E-state index contributed by atoms with van der Waals surface area (Å²) in [6.45, 7) is 2.94. The van der Waals surface area contributed by atoms with Gasteiger partial charge in [-0.25, -0.2) is 4.79 Å².